The Kier molecular flexibility index (Phi) is 4.43. The lowest BCUT2D eigenvalue weighted by atomic mass is 10.1. The van der Waals surface area contributed by atoms with Gasteiger partial charge < -0.3 is 5.73 Å². The molecule has 0 fully saturated rings. The average molecular weight is 273 g/mol. The first-order chi connectivity index (χ1) is 9.02. The highest BCUT2D eigenvalue weighted by Crippen LogP contribution is 2.19. The molecule has 0 aliphatic rings. The molecule has 0 atom stereocenters. The van der Waals surface area contributed by atoms with E-state index in [4.69, 9.17) is 5.73 Å². The summed E-state index contributed by atoms with van der Waals surface area (Å²) in [4.78, 5) is 8.63. The van der Waals surface area contributed by atoms with Crippen LogP contribution in [0.1, 0.15) is 28.2 Å². The molecule has 0 spiro atoms. The molecule has 1 aromatic carbocycles. The third-order valence-corrected chi connectivity index (χ3v) is 3.70. The van der Waals surface area contributed by atoms with E-state index in [9.17, 15) is 0 Å². The summed E-state index contributed by atoms with van der Waals surface area (Å²) in [5.74, 6) is 3.12. The highest BCUT2D eigenvalue weighted by molar-refractivity contribution is 7.97. The maximum atomic E-state index is 5.72. The number of benzene rings is 1. The molecular formula is C15H19N3S. The van der Waals surface area contributed by atoms with Crippen LogP contribution in [0.2, 0.25) is 0 Å². The van der Waals surface area contributed by atoms with E-state index in [1.807, 2.05) is 18.7 Å². The first kappa shape index (κ1) is 13.9. The van der Waals surface area contributed by atoms with Crippen LogP contribution in [0.4, 0.5) is 5.82 Å². The van der Waals surface area contributed by atoms with Crippen LogP contribution in [-0.4, -0.2) is 9.97 Å². The fraction of sp³-hybridized carbons (Fsp3) is 0.333. The van der Waals surface area contributed by atoms with Crippen molar-refractivity contribution in [2.24, 2.45) is 0 Å². The van der Waals surface area contributed by atoms with E-state index in [0.717, 1.165) is 23.0 Å². The minimum Gasteiger partial charge on any atom is -0.384 e. The quantitative estimate of drug-likeness (QED) is 0.927. The number of aromatic nitrogens is 2. The number of hydrogen-bond acceptors (Lipinski definition) is 4. The maximum absolute atomic E-state index is 5.72. The van der Waals surface area contributed by atoms with Gasteiger partial charge in [-0.3, -0.25) is 0 Å². The lowest BCUT2D eigenvalue weighted by molar-refractivity contribution is 1.00. The Labute approximate surface area is 118 Å². The van der Waals surface area contributed by atoms with Crippen molar-refractivity contribution < 1.29 is 0 Å². The van der Waals surface area contributed by atoms with Gasteiger partial charge in [0.05, 0.1) is 5.75 Å². The predicted octanol–water partition coefficient (Wildman–Crippen LogP) is 3.42. The second kappa shape index (κ2) is 6.06. The normalized spacial score (nSPS) is 10.7. The molecule has 100 valence electrons. The van der Waals surface area contributed by atoms with E-state index in [1.165, 1.54) is 16.7 Å². The number of aryl methyl sites for hydroxylation is 3. The molecule has 3 nitrogen and oxygen atoms in total. The molecule has 0 aliphatic carbocycles. The fourth-order valence-electron chi connectivity index (χ4n) is 2.13. The molecule has 19 heavy (non-hydrogen) atoms. The highest BCUT2D eigenvalue weighted by atomic mass is 32.2. The van der Waals surface area contributed by atoms with Crippen LogP contribution < -0.4 is 5.73 Å². The molecule has 0 aliphatic heterocycles. The van der Waals surface area contributed by atoms with E-state index in [0.29, 0.717) is 5.82 Å². The molecule has 0 unspecified atom stereocenters. The summed E-state index contributed by atoms with van der Waals surface area (Å²) in [5, 5.41) is 0. The van der Waals surface area contributed by atoms with Gasteiger partial charge in [-0.15, -0.1) is 11.8 Å². The Morgan fingerprint density at radius 1 is 0.947 bits per heavy atom. The molecule has 1 aromatic heterocycles. The topological polar surface area (TPSA) is 51.8 Å². The van der Waals surface area contributed by atoms with Crippen molar-refractivity contribution in [2.75, 3.05) is 5.73 Å². The zero-order valence-electron chi connectivity index (χ0n) is 11.6. The van der Waals surface area contributed by atoms with Gasteiger partial charge >= 0.3 is 0 Å². The van der Waals surface area contributed by atoms with Gasteiger partial charge in [-0.1, -0.05) is 29.3 Å². The number of rotatable bonds is 4. The Morgan fingerprint density at radius 3 is 2.26 bits per heavy atom. The lowest BCUT2D eigenvalue weighted by Gasteiger charge is -2.05. The van der Waals surface area contributed by atoms with Crippen molar-refractivity contribution in [3.05, 3.63) is 52.5 Å². The van der Waals surface area contributed by atoms with Crippen LogP contribution in [0, 0.1) is 20.8 Å². The predicted molar refractivity (Wildman–Crippen MR) is 82.1 cm³/mol. The van der Waals surface area contributed by atoms with Crippen LogP contribution in [0.3, 0.4) is 0 Å². The van der Waals surface area contributed by atoms with Crippen molar-refractivity contribution in [1.82, 2.24) is 9.97 Å². The second-order valence-electron chi connectivity index (χ2n) is 4.84. The Morgan fingerprint density at radius 2 is 1.63 bits per heavy atom. The average Bonchev–Trinajstić information content (AvgIpc) is 2.26. The number of anilines is 1. The SMILES string of the molecule is Cc1cc(C)cc(CSCc2nc(C)cc(N)n2)c1. The number of nitrogen functional groups attached to an aromatic ring is 1. The van der Waals surface area contributed by atoms with Crippen LogP contribution in [0.25, 0.3) is 0 Å². The smallest absolute Gasteiger partial charge is 0.140 e. The van der Waals surface area contributed by atoms with Crippen LogP contribution >= 0.6 is 11.8 Å². The molecular weight excluding hydrogens is 254 g/mol. The minimum absolute atomic E-state index is 0.550. The van der Waals surface area contributed by atoms with Crippen molar-refractivity contribution in [3.63, 3.8) is 0 Å². The Hall–Kier alpha value is -1.55. The first-order valence-electron chi connectivity index (χ1n) is 6.28. The standard InChI is InChI=1S/C15H19N3S/c1-10-4-11(2)6-13(5-10)8-19-9-15-17-12(3)7-14(16)18-15/h4-7H,8-9H2,1-3H3,(H2,16,17,18). The van der Waals surface area contributed by atoms with Crippen molar-refractivity contribution in [1.29, 1.82) is 0 Å². The molecule has 0 bridgehead atoms. The van der Waals surface area contributed by atoms with E-state index in [1.54, 1.807) is 6.07 Å². The molecule has 0 saturated heterocycles. The summed E-state index contributed by atoms with van der Waals surface area (Å²) in [6.07, 6.45) is 0. The van der Waals surface area contributed by atoms with Crippen molar-refractivity contribution in [3.8, 4) is 0 Å². The Bertz CT molecular complexity index is 490. The molecule has 0 radical (unpaired) electrons. The van der Waals surface area contributed by atoms with Gasteiger partial charge in [0.2, 0.25) is 0 Å². The van der Waals surface area contributed by atoms with Gasteiger partial charge in [-0.25, -0.2) is 9.97 Å². The molecule has 2 aromatic rings. The van der Waals surface area contributed by atoms with E-state index in [-0.39, 0.29) is 0 Å². The monoisotopic (exact) mass is 273 g/mol. The van der Waals surface area contributed by atoms with E-state index >= 15 is 0 Å². The zero-order valence-corrected chi connectivity index (χ0v) is 12.4. The second-order valence-corrected chi connectivity index (χ2v) is 5.82. The first-order valence-corrected chi connectivity index (χ1v) is 7.43. The molecule has 0 amide bonds. The van der Waals surface area contributed by atoms with Gasteiger partial charge in [0.15, 0.2) is 0 Å². The fourth-order valence-corrected chi connectivity index (χ4v) is 2.95. The molecule has 2 rings (SSSR count). The third kappa shape index (κ3) is 4.24. The van der Waals surface area contributed by atoms with Gasteiger partial charge in [0, 0.05) is 17.5 Å². The molecule has 2 N–H and O–H groups in total. The number of hydrogen-bond donors (Lipinski definition) is 1. The zero-order chi connectivity index (χ0) is 13.8. The molecule has 4 heteroatoms. The minimum atomic E-state index is 0.550. The van der Waals surface area contributed by atoms with Crippen molar-refractivity contribution in [2.45, 2.75) is 32.3 Å². The number of nitrogens with zero attached hydrogens (tertiary/aromatic N) is 2. The largest absolute Gasteiger partial charge is 0.384 e. The summed E-state index contributed by atoms with van der Waals surface area (Å²) in [5.41, 5.74) is 10.6. The summed E-state index contributed by atoms with van der Waals surface area (Å²) >= 11 is 1.81. The summed E-state index contributed by atoms with van der Waals surface area (Å²) in [6, 6.07) is 8.44. The van der Waals surface area contributed by atoms with Gasteiger partial charge in [-0.05, 0) is 26.3 Å². The number of thioether (sulfide) groups is 1. The summed E-state index contributed by atoms with van der Waals surface area (Å²) in [7, 11) is 0. The molecule has 0 saturated carbocycles. The summed E-state index contributed by atoms with van der Waals surface area (Å²) in [6.45, 7) is 6.20. The van der Waals surface area contributed by atoms with Crippen LogP contribution in [-0.2, 0) is 11.5 Å². The lowest BCUT2D eigenvalue weighted by Crippen LogP contribution is -2.00. The van der Waals surface area contributed by atoms with Crippen LogP contribution in [0.15, 0.2) is 24.3 Å². The number of nitrogens with two attached hydrogens (primary N) is 1. The van der Waals surface area contributed by atoms with Gasteiger partial charge in [0.1, 0.15) is 11.6 Å². The van der Waals surface area contributed by atoms with E-state index < -0.39 is 0 Å². The summed E-state index contributed by atoms with van der Waals surface area (Å²) < 4.78 is 0. The molecule has 1 heterocycles. The van der Waals surface area contributed by atoms with E-state index in [2.05, 4.69) is 42.0 Å². The third-order valence-electron chi connectivity index (χ3n) is 2.70. The Balaban J connectivity index is 1.96. The maximum Gasteiger partial charge on any atom is 0.140 e. The van der Waals surface area contributed by atoms with Gasteiger partial charge in [-0.2, -0.15) is 0 Å². The van der Waals surface area contributed by atoms with Crippen LogP contribution in [0.5, 0.6) is 0 Å². The van der Waals surface area contributed by atoms with Crippen molar-refractivity contribution >= 4 is 17.6 Å². The van der Waals surface area contributed by atoms with Gasteiger partial charge in [0.25, 0.3) is 0 Å². The highest BCUT2D eigenvalue weighted by Gasteiger charge is 2.02.